The summed E-state index contributed by atoms with van der Waals surface area (Å²) in [5.41, 5.74) is 0.759. The molecule has 0 spiro atoms. The van der Waals surface area contributed by atoms with Gasteiger partial charge in [-0.1, -0.05) is 5.16 Å². The number of carbonyl (C=O) groups is 1. The Morgan fingerprint density at radius 1 is 1.29 bits per heavy atom. The standard InChI is InChI=1S/C18H23N3O3/c1-12(18-19-13(2)20-24-18)21-10-8-15(9-11-21)17(22)14-4-6-16(23-3)7-5-14/h4-7,12,15H,8-11H2,1-3H3/t12-/m1/s1. The van der Waals surface area contributed by atoms with Gasteiger partial charge in [0.2, 0.25) is 5.89 Å². The van der Waals surface area contributed by atoms with E-state index in [4.69, 9.17) is 9.26 Å². The maximum Gasteiger partial charge on any atom is 0.243 e. The van der Waals surface area contributed by atoms with Crippen molar-refractivity contribution >= 4 is 5.78 Å². The number of benzene rings is 1. The summed E-state index contributed by atoms with van der Waals surface area (Å²) < 4.78 is 10.4. The number of piperidine rings is 1. The van der Waals surface area contributed by atoms with Gasteiger partial charge in [0.1, 0.15) is 5.75 Å². The number of rotatable bonds is 5. The van der Waals surface area contributed by atoms with Crippen molar-refractivity contribution in [1.29, 1.82) is 0 Å². The van der Waals surface area contributed by atoms with Crippen molar-refractivity contribution in [3.8, 4) is 5.75 Å². The molecular weight excluding hydrogens is 306 g/mol. The van der Waals surface area contributed by atoms with E-state index in [-0.39, 0.29) is 17.7 Å². The van der Waals surface area contributed by atoms with Crippen LogP contribution in [0.1, 0.15) is 47.9 Å². The maximum absolute atomic E-state index is 12.6. The van der Waals surface area contributed by atoms with E-state index in [0.717, 1.165) is 37.2 Å². The normalized spacial score (nSPS) is 17.6. The first-order valence-electron chi connectivity index (χ1n) is 8.31. The number of ether oxygens (including phenoxy) is 1. The molecule has 6 heteroatoms. The molecule has 1 atom stereocenters. The Morgan fingerprint density at radius 3 is 2.50 bits per heavy atom. The molecule has 128 valence electrons. The second-order valence-electron chi connectivity index (χ2n) is 6.26. The minimum absolute atomic E-state index is 0.0752. The fraction of sp³-hybridized carbons (Fsp3) is 0.500. The Kier molecular flexibility index (Phi) is 4.94. The van der Waals surface area contributed by atoms with Gasteiger partial charge in [0.15, 0.2) is 11.6 Å². The number of hydrogen-bond acceptors (Lipinski definition) is 6. The van der Waals surface area contributed by atoms with Gasteiger partial charge in [-0.25, -0.2) is 0 Å². The summed E-state index contributed by atoms with van der Waals surface area (Å²) in [5.74, 6) is 2.36. The smallest absolute Gasteiger partial charge is 0.243 e. The van der Waals surface area contributed by atoms with Gasteiger partial charge in [0.05, 0.1) is 13.2 Å². The first-order valence-corrected chi connectivity index (χ1v) is 8.31. The van der Waals surface area contributed by atoms with Crippen molar-refractivity contribution in [2.75, 3.05) is 20.2 Å². The molecule has 0 amide bonds. The highest BCUT2D eigenvalue weighted by Crippen LogP contribution is 2.28. The molecule has 1 fully saturated rings. The summed E-state index contributed by atoms with van der Waals surface area (Å²) in [6, 6.07) is 7.45. The second kappa shape index (κ2) is 7.13. The number of nitrogens with zero attached hydrogens (tertiary/aromatic N) is 3. The Balaban J connectivity index is 1.58. The maximum atomic E-state index is 12.6. The number of ketones is 1. The van der Waals surface area contributed by atoms with E-state index in [1.165, 1.54) is 0 Å². The minimum Gasteiger partial charge on any atom is -0.497 e. The van der Waals surface area contributed by atoms with E-state index in [2.05, 4.69) is 22.0 Å². The highest BCUT2D eigenvalue weighted by atomic mass is 16.5. The fourth-order valence-corrected chi connectivity index (χ4v) is 3.18. The van der Waals surface area contributed by atoms with Gasteiger partial charge in [0.25, 0.3) is 0 Å². The van der Waals surface area contributed by atoms with E-state index < -0.39 is 0 Å². The molecule has 2 heterocycles. The van der Waals surface area contributed by atoms with Crippen molar-refractivity contribution in [2.24, 2.45) is 5.92 Å². The van der Waals surface area contributed by atoms with Crippen LogP contribution < -0.4 is 4.74 Å². The molecule has 0 radical (unpaired) electrons. The molecular formula is C18H23N3O3. The van der Waals surface area contributed by atoms with Crippen LogP contribution in [0.5, 0.6) is 5.75 Å². The quantitative estimate of drug-likeness (QED) is 0.785. The number of carbonyl (C=O) groups excluding carboxylic acids is 1. The average Bonchev–Trinajstić information content (AvgIpc) is 3.07. The van der Waals surface area contributed by atoms with Crippen LogP contribution in [0.15, 0.2) is 28.8 Å². The highest BCUT2D eigenvalue weighted by molar-refractivity contribution is 5.98. The van der Waals surface area contributed by atoms with Crippen LogP contribution >= 0.6 is 0 Å². The van der Waals surface area contributed by atoms with E-state index in [0.29, 0.717) is 11.7 Å². The van der Waals surface area contributed by atoms with Gasteiger partial charge in [-0.2, -0.15) is 4.98 Å². The van der Waals surface area contributed by atoms with Gasteiger partial charge < -0.3 is 9.26 Å². The summed E-state index contributed by atoms with van der Waals surface area (Å²) in [6.45, 7) is 5.60. The predicted octanol–water partition coefficient (Wildman–Crippen LogP) is 3.04. The lowest BCUT2D eigenvalue weighted by Gasteiger charge is -2.33. The number of aryl methyl sites for hydroxylation is 1. The lowest BCUT2D eigenvalue weighted by Crippen LogP contribution is -2.38. The number of aromatic nitrogens is 2. The SMILES string of the molecule is COc1ccc(C(=O)C2CCN([C@H](C)c3nc(C)no3)CC2)cc1. The van der Waals surface area contributed by atoms with E-state index in [1.54, 1.807) is 7.11 Å². The molecule has 0 aliphatic carbocycles. The summed E-state index contributed by atoms with van der Waals surface area (Å²) in [4.78, 5) is 19.3. The lowest BCUT2D eigenvalue weighted by molar-refractivity contribution is 0.0774. The van der Waals surface area contributed by atoms with Crippen LogP contribution in [-0.2, 0) is 0 Å². The Labute approximate surface area is 141 Å². The van der Waals surface area contributed by atoms with Gasteiger partial charge in [-0.15, -0.1) is 0 Å². The predicted molar refractivity (Wildman–Crippen MR) is 89.1 cm³/mol. The van der Waals surface area contributed by atoms with Gasteiger partial charge >= 0.3 is 0 Å². The molecule has 1 aliphatic heterocycles. The van der Waals surface area contributed by atoms with Crippen LogP contribution in [0, 0.1) is 12.8 Å². The first kappa shape index (κ1) is 16.6. The van der Waals surface area contributed by atoms with Crippen LogP contribution in [0.3, 0.4) is 0 Å². The van der Waals surface area contributed by atoms with Gasteiger partial charge in [-0.05, 0) is 64.0 Å². The largest absolute Gasteiger partial charge is 0.497 e. The molecule has 3 rings (SSSR count). The fourth-order valence-electron chi connectivity index (χ4n) is 3.18. The number of Topliss-reactive ketones (excluding diaryl/α,β-unsaturated/α-hetero) is 1. The van der Waals surface area contributed by atoms with Crippen molar-refractivity contribution in [3.63, 3.8) is 0 Å². The van der Waals surface area contributed by atoms with Gasteiger partial charge in [0, 0.05) is 11.5 Å². The molecule has 0 N–H and O–H groups in total. The van der Waals surface area contributed by atoms with Gasteiger partial charge in [-0.3, -0.25) is 9.69 Å². The third-order valence-electron chi connectivity index (χ3n) is 4.72. The number of likely N-dealkylation sites (tertiary alicyclic amines) is 1. The topological polar surface area (TPSA) is 68.5 Å². The molecule has 1 aromatic carbocycles. The Bertz CT molecular complexity index is 688. The summed E-state index contributed by atoms with van der Waals surface area (Å²) in [6.07, 6.45) is 1.70. The van der Waals surface area contributed by atoms with Crippen LogP contribution in [0.4, 0.5) is 0 Å². The van der Waals surface area contributed by atoms with Crippen LogP contribution in [-0.4, -0.2) is 41.0 Å². The molecule has 2 aromatic rings. The van der Waals surface area contributed by atoms with Crippen molar-refractivity contribution < 1.29 is 14.1 Å². The summed E-state index contributed by atoms with van der Waals surface area (Å²) in [7, 11) is 1.62. The highest BCUT2D eigenvalue weighted by Gasteiger charge is 2.30. The zero-order valence-electron chi connectivity index (χ0n) is 14.4. The lowest BCUT2D eigenvalue weighted by atomic mass is 9.88. The molecule has 0 bridgehead atoms. The third kappa shape index (κ3) is 3.48. The van der Waals surface area contributed by atoms with E-state index in [1.807, 2.05) is 31.2 Å². The molecule has 1 saturated heterocycles. The molecule has 1 aliphatic rings. The monoisotopic (exact) mass is 329 g/mol. The summed E-state index contributed by atoms with van der Waals surface area (Å²) >= 11 is 0. The number of hydrogen-bond donors (Lipinski definition) is 0. The molecule has 0 unspecified atom stereocenters. The van der Waals surface area contributed by atoms with Crippen molar-refractivity contribution in [2.45, 2.75) is 32.7 Å². The zero-order chi connectivity index (χ0) is 17.1. The van der Waals surface area contributed by atoms with E-state index >= 15 is 0 Å². The van der Waals surface area contributed by atoms with E-state index in [9.17, 15) is 4.79 Å². The zero-order valence-corrected chi connectivity index (χ0v) is 14.4. The first-order chi connectivity index (χ1) is 11.6. The van der Waals surface area contributed by atoms with Crippen LogP contribution in [0.2, 0.25) is 0 Å². The Hall–Kier alpha value is -2.21. The molecule has 24 heavy (non-hydrogen) atoms. The van der Waals surface area contributed by atoms with Crippen molar-refractivity contribution in [1.82, 2.24) is 15.0 Å². The summed E-state index contributed by atoms with van der Waals surface area (Å²) in [5, 5.41) is 3.85. The minimum atomic E-state index is 0.0752. The molecule has 1 aromatic heterocycles. The average molecular weight is 329 g/mol. The third-order valence-corrected chi connectivity index (χ3v) is 4.72. The van der Waals surface area contributed by atoms with Crippen molar-refractivity contribution in [3.05, 3.63) is 41.5 Å². The second-order valence-corrected chi connectivity index (χ2v) is 6.26. The molecule has 6 nitrogen and oxygen atoms in total. The van der Waals surface area contributed by atoms with Crippen LogP contribution in [0.25, 0.3) is 0 Å². The Morgan fingerprint density at radius 2 is 1.96 bits per heavy atom. The number of methoxy groups -OCH3 is 1. The molecule has 0 saturated carbocycles.